The van der Waals surface area contributed by atoms with Crippen molar-refractivity contribution in [1.82, 2.24) is 19.5 Å². The lowest BCUT2D eigenvalue weighted by Crippen LogP contribution is -2.30. The molecule has 3 aromatic rings. The van der Waals surface area contributed by atoms with E-state index >= 15 is 0 Å². The van der Waals surface area contributed by atoms with E-state index < -0.39 is 0 Å². The number of fused-ring (bicyclic) bond motifs is 1. The molecule has 6 nitrogen and oxygen atoms in total. The zero-order valence-electron chi connectivity index (χ0n) is 11.6. The number of carbonyl (C=O) groups is 1. The fraction of sp³-hybridized carbons (Fsp3) is 0.267. The van der Waals surface area contributed by atoms with Gasteiger partial charge in [-0.15, -0.1) is 0 Å². The fourth-order valence-corrected chi connectivity index (χ4v) is 3.24. The first-order valence-corrected chi connectivity index (χ1v) is 7.86. The molecule has 1 amide bonds. The summed E-state index contributed by atoms with van der Waals surface area (Å²) >= 11 is 3.35. The van der Waals surface area contributed by atoms with E-state index in [0.29, 0.717) is 11.2 Å². The molecule has 1 atom stereocenters. The monoisotopic (exact) mass is 360 g/mol. The first-order chi connectivity index (χ1) is 10.7. The Morgan fingerprint density at radius 1 is 1.41 bits per heavy atom. The van der Waals surface area contributed by atoms with Crippen LogP contribution in [0, 0.1) is 0 Å². The molecule has 0 aliphatic carbocycles. The fourth-order valence-electron chi connectivity index (χ4n) is 2.94. The van der Waals surface area contributed by atoms with E-state index in [1.165, 1.54) is 0 Å². The third-order valence-corrected chi connectivity index (χ3v) is 4.35. The Morgan fingerprint density at radius 3 is 3.14 bits per heavy atom. The number of rotatable bonds is 2. The van der Waals surface area contributed by atoms with Crippen LogP contribution in [0.3, 0.4) is 0 Å². The molecule has 0 radical (unpaired) electrons. The molecular formula is C15H13BrN4O2. The lowest BCUT2D eigenvalue weighted by Gasteiger charge is -2.22. The Kier molecular flexibility index (Phi) is 3.22. The van der Waals surface area contributed by atoms with Gasteiger partial charge in [0.2, 0.25) is 0 Å². The minimum absolute atomic E-state index is 0.00658. The van der Waals surface area contributed by atoms with Crippen LogP contribution in [-0.2, 0) is 0 Å². The van der Waals surface area contributed by atoms with Crippen molar-refractivity contribution in [3.05, 3.63) is 52.8 Å². The molecule has 1 aliphatic rings. The van der Waals surface area contributed by atoms with Gasteiger partial charge in [0.25, 0.3) is 5.91 Å². The number of likely N-dealkylation sites (tertiary alicyclic amines) is 1. The predicted molar refractivity (Wildman–Crippen MR) is 82.4 cm³/mol. The van der Waals surface area contributed by atoms with Gasteiger partial charge in [0.15, 0.2) is 5.65 Å². The van der Waals surface area contributed by atoms with Gasteiger partial charge in [-0.2, -0.15) is 5.10 Å². The summed E-state index contributed by atoms with van der Waals surface area (Å²) in [7, 11) is 0. The summed E-state index contributed by atoms with van der Waals surface area (Å²) in [4.78, 5) is 19.0. The van der Waals surface area contributed by atoms with Gasteiger partial charge in [0, 0.05) is 18.9 Å². The van der Waals surface area contributed by atoms with Crippen LogP contribution in [0.1, 0.15) is 35.0 Å². The molecule has 4 heterocycles. The molecular weight excluding hydrogens is 348 g/mol. The molecule has 22 heavy (non-hydrogen) atoms. The van der Waals surface area contributed by atoms with Crippen molar-refractivity contribution in [3.8, 4) is 0 Å². The number of hydrogen-bond donors (Lipinski definition) is 0. The highest BCUT2D eigenvalue weighted by Gasteiger charge is 2.33. The Morgan fingerprint density at radius 2 is 2.32 bits per heavy atom. The van der Waals surface area contributed by atoms with Crippen molar-refractivity contribution in [1.29, 1.82) is 0 Å². The van der Waals surface area contributed by atoms with Crippen molar-refractivity contribution < 1.29 is 9.21 Å². The van der Waals surface area contributed by atoms with Crippen LogP contribution < -0.4 is 0 Å². The van der Waals surface area contributed by atoms with E-state index in [0.717, 1.165) is 29.6 Å². The van der Waals surface area contributed by atoms with Crippen molar-refractivity contribution in [2.24, 2.45) is 0 Å². The Balaban J connectivity index is 1.70. The second-order valence-electron chi connectivity index (χ2n) is 5.27. The molecule has 0 saturated carbocycles. The van der Waals surface area contributed by atoms with Gasteiger partial charge >= 0.3 is 0 Å². The summed E-state index contributed by atoms with van der Waals surface area (Å²) < 4.78 is 7.90. The summed E-state index contributed by atoms with van der Waals surface area (Å²) in [6.07, 6.45) is 8.56. The molecule has 0 spiro atoms. The van der Waals surface area contributed by atoms with Gasteiger partial charge in [-0.1, -0.05) is 0 Å². The van der Waals surface area contributed by atoms with Crippen LogP contribution in [0.2, 0.25) is 0 Å². The predicted octanol–water partition coefficient (Wildman–Crippen LogP) is 3.06. The maximum Gasteiger partial charge on any atom is 0.259 e. The second kappa shape index (κ2) is 5.24. The summed E-state index contributed by atoms with van der Waals surface area (Å²) in [5.41, 5.74) is 1.09. The largest absolute Gasteiger partial charge is 0.467 e. The lowest BCUT2D eigenvalue weighted by atomic mass is 10.1. The first-order valence-electron chi connectivity index (χ1n) is 7.07. The number of hydrogen-bond acceptors (Lipinski definition) is 4. The standard InChI is InChI=1S/C15H13BrN4O2/c16-10-7-17-14-11(8-18-20(14)9-10)15(21)19-5-1-3-12(19)13-4-2-6-22-13/h2,4,6-9,12H,1,3,5H2. The van der Waals surface area contributed by atoms with Crippen molar-refractivity contribution in [2.45, 2.75) is 18.9 Å². The normalized spacial score (nSPS) is 18.2. The summed E-state index contributed by atoms with van der Waals surface area (Å²) in [6.45, 7) is 0.720. The van der Waals surface area contributed by atoms with Gasteiger partial charge in [-0.05, 0) is 40.9 Å². The second-order valence-corrected chi connectivity index (χ2v) is 6.19. The van der Waals surface area contributed by atoms with Gasteiger partial charge in [0.05, 0.1) is 23.0 Å². The number of halogens is 1. The van der Waals surface area contributed by atoms with Gasteiger partial charge in [-0.3, -0.25) is 4.79 Å². The molecule has 4 rings (SSSR count). The topological polar surface area (TPSA) is 63.6 Å². The Hall–Kier alpha value is -2.15. The Labute approximate surface area is 134 Å². The van der Waals surface area contributed by atoms with Crippen LogP contribution in [0.15, 0.2) is 45.9 Å². The SMILES string of the molecule is O=C(c1cnn2cc(Br)cnc12)N1CCCC1c1ccco1. The molecule has 0 N–H and O–H groups in total. The van der Waals surface area contributed by atoms with Crippen molar-refractivity contribution >= 4 is 27.5 Å². The van der Waals surface area contributed by atoms with E-state index in [9.17, 15) is 4.79 Å². The third kappa shape index (κ3) is 2.12. The van der Waals surface area contributed by atoms with Crippen LogP contribution in [0.4, 0.5) is 0 Å². The molecule has 1 saturated heterocycles. The van der Waals surface area contributed by atoms with Crippen molar-refractivity contribution in [2.75, 3.05) is 6.54 Å². The van der Waals surface area contributed by atoms with Crippen molar-refractivity contribution in [3.63, 3.8) is 0 Å². The third-order valence-electron chi connectivity index (χ3n) is 3.94. The highest BCUT2D eigenvalue weighted by Crippen LogP contribution is 2.33. The van der Waals surface area contributed by atoms with Gasteiger partial charge in [-0.25, -0.2) is 9.50 Å². The summed E-state index contributed by atoms with van der Waals surface area (Å²) in [5.74, 6) is 0.779. The smallest absolute Gasteiger partial charge is 0.259 e. The molecule has 0 aromatic carbocycles. The molecule has 1 fully saturated rings. The van der Waals surface area contributed by atoms with Crippen LogP contribution in [-0.4, -0.2) is 31.9 Å². The highest BCUT2D eigenvalue weighted by molar-refractivity contribution is 9.10. The highest BCUT2D eigenvalue weighted by atomic mass is 79.9. The number of carbonyl (C=O) groups excluding carboxylic acids is 1. The maximum absolute atomic E-state index is 12.9. The van der Waals surface area contributed by atoms with Crippen LogP contribution in [0.5, 0.6) is 0 Å². The van der Waals surface area contributed by atoms with E-state index in [4.69, 9.17) is 4.42 Å². The molecule has 0 bridgehead atoms. The molecule has 3 aromatic heterocycles. The number of aromatic nitrogens is 3. The van der Waals surface area contributed by atoms with E-state index in [1.807, 2.05) is 17.0 Å². The van der Waals surface area contributed by atoms with E-state index in [2.05, 4.69) is 26.0 Å². The number of amides is 1. The average Bonchev–Trinajstić information content (AvgIpc) is 3.25. The maximum atomic E-state index is 12.9. The molecule has 1 unspecified atom stereocenters. The van der Waals surface area contributed by atoms with Crippen LogP contribution >= 0.6 is 15.9 Å². The zero-order valence-corrected chi connectivity index (χ0v) is 13.2. The van der Waals surface area contributed by atoms with Gasteiger partial charge in [0.1, 0.15) is 11.3 Å². The van der Waals surface area contributed by atoms with E-state index in [1.54, 1.807) is 29.4 Å². The number of furan rings is 1. The van der Waals surface area contributed by atoms with Gasteiger partial charge < -0.3 is 9.32 Å². The quantitative estimate of drug-likeness (QED) is 0.704. The molecule has 112 valence electrons. The van der Waals surface area contributed by atoms with Crippen LogP contribution in [0.25, 0.3) is 5.65 Å². The van der Waals surface area contributed by atoms with E-state index in [-0.39, 0.29) is 11.9 Å². The summed E-state index contributed by atoms with van der Waals surface area (Å²) in [5, 5.41) is 4.21. The average molecular weight is 361 g/mol. The minimum atomic E-state index is -0.0521. The lowest BCUT2D eigenvalue weighted by molar-refractivity contribution is 0.0721. The molecule has 1 aliphatic heterocycles. The zero-order chi connectivity index (χ0) is 15.1. The summed E-state index contributed by atoms with van der Waals surface area (Å²) in [6, 6.07) is 3.76. The Bertz CT molecular complexity index is 827. The first kappa shape index (κ1) is 13.5. The molecule has 7 heteroatoms. The number of nitrogens with zero attached hydrogens (tertiary/aromatic N) is 4. The minimum Gasteiger partial charge on any atom is -0.467 e.